The van der Waals surface area contributed by atoms with E-state index in [1.165, 1.54) is 22.6 Å². The Bertz CT molecular complexity index is 172. The molecule has 0 saturated carbocycles. The lowest BCUT2D eigenvalue weighted by atomic mass is 10.4. The monoisotopic (exact) mass is 422 g/mol. The van der Waals surface area contributed by atoms with Crippen LogP contribution in [0.4, 0.5) is 13.6 Å². The van der Waals surface area contributed by atoms with Gasteiger partial charge in [-0.3, -0.25) is 0 Å². The van der Waals surface area contributed by atoms with Gasteiger partial charge in [-0.1, -0.05) is 0 Å². The molecule has 0 fully saturated rings. The zero-order valence-electron chi connectivity index (χ0n) is 6.18. The lowest BCUT2D eigenvalue weighted by molar-refractivity contribution is -0.165. The zero-order valence-corrected chi connectivity index (χ0v) is 10.5. The molecule has 0 aliphatic heterocycles. The van der Waals surface area contributed by atoms with E-state index in [1.807, 2.05) is 0 Å². The third-order valence-corrected chi connectivity index (χ3v) is 1.45. The van der Waals surface area contributed by atoms with E-state index in [1.54, 1.807) is 0 Å². The predicted molar refractivity (Wildman–Crippen MR) is 56.3 cm³/mol. The van der Waals surface area contributed by atoms with Gasteiger partial charge < -0.3 is 14.6 Å². The van der Waals surface area contributed by atoms with Gasteiger partial charge in [0.15, 0.2) is 0 Å². The fourth-order valence-electron chi connectivity index (χ4n) is 0.401. The van der Waals surface area contributed by atoms with Crippen molar-refractivity contribution in [3.05, 3.63) is 0 Å². The summed E-state index contributed by atoms with van der Waals surface area (Å²) < 4.78 is 28.4. The summed E-state index contributed by atoms with van der Waals surface area (Å²) in [4.78, 5) is 10.2. The first-order chi connectivity index (χ1) is 5.81. The van der Waals surface area contributed by atoms with Crippen molar-refractivity contribution in [2.75, 3.05) is 13.2 Å². The molecule has 1 N–H and O–H groups in total. The molecule has 0 aromatic carbocycles. The van der Waals surface area contributed by atoms with E-state index in [9.17, 15) is 13.6 Å². The van der Waals surface area contributed by atoms with Crippen LogP contribution in [-0.4, -0.2) is 32.5 Å². The number of rotatable bonds is 5. The Kier molecular flexibility index (Phi) is 6.58. The van der Waals surface area contributed by atoms with E-state index in [0.717, 1.165) is 22.6 Å². The van der Waals surface area contributed by atoms with Crippen molar-refractivity contribution < 1.29 is 28.2 Å². The molecule has 0 heterocycles. The molecule has 78 valence electrons. The second kappa shape index (κ2) is 6.24. The lowest BCUT2D eigenvalue weighted by Crippen LogP contribution is -2.26. The molecular weight excluding hydrogens is 416 g/mol. The van der Waals surface area contributed by atoms with Crippen molar-refractivity contribution in [1.29, 1.82) is 0 Å². The van der Waals surface area contributed by atoms with Crippen LogP contribution < -0.4 is 0 Å². The molecule has 4 nitrogen and oxygen atoms in total. The molecule has 0 saturated heterocycles. The molecule has 0 rings (SSSR count). The summed E-state index contributed by atoms with van der Waals surface area (Å²) in [5.41, 5.74) is 0. The van der Waals surface area contributed by atoms with Crippen LogP contribution >= 0.6 is 45.2 Å². The maximum Gasteiger partial charge on any atom is 0.407 e. The number of aliphatic hydroxyl groups excluding tert-OH is 1. The predicted octanol–water partition coefficient (Wildman–Crippen LogP) is 1.92. The van der Waals surface area contributed by atoms with Crippen molar-refractivity contribution in [1.82, 2.24) is 0 Å². The van der Waals surface area contributed by atoms with Crippen molar-refractivity contribution in [3.8, 4) is 0 Å². The van der Waals surface area contributed by atoms with Crippen LogP contribution in [-0.2, 0) is 9.47 Å². The maximum atomic E-state index is 12.0. The van der Waals surface area contributed by atoms with Gasteiger partial charge in [0.25, 0.3) is 0 Å². The highest BCUT2D eigenvalue weighted by Gasteiger charge is 2.25. The molecule has 0 aliphatic rings. The topological polar surface area (TPSA) is 55.8 Å². The van der Waals surface area contributed by atoms with E-state index < -0.39 is 20.8 Å². The molecule has 0 bridgehead atoms. The van der Waals surface area contributed by atoms with Crippen LogP contribution in [0.5, 0.6) is 0 Å². The minimum atomic E-state index is -3.31. The first-order valence-corrected chi connectivity index (χ1v) is 5.18. The van der Waals surface area contributed by atoms with E-state index in [2.05, 4.69) is 9.47 Å². The molecule has 0 spiro atoms. The summed E-state index contributed by atoms with van der Waals surface area (Å²) in [7, 11) is 0. The summed E-state index contributed by atoms with van der Waals surface area (Å²) >= 11 is 2.13. The van der Waals surface area contributed by atoms with Crippen LogP contribution in [0, 0.1) is 0 Å². The summed E-state index contributed by atoms with van der Waals surface area (Å²) in [6.45, 7) is -0.936. The van der Waals surface area contributed by atoms with E-state index >= 15 is 0 Å². The number of carbonyl (C=O) groups is 1. The number of hydrogen-bond acceptors (Lipinski definition) is 4. The SMILES string of the molecule is O=C(I)OCC(O)COC(F)(F)I. The van der Waals surface area contributed by atoms with Crippen LogP contribution in [0.15, 0.2) is 0 Å². The maximum absolute atomic E-state index is 12.0. The number of alkyl halides is 3. The molecular formula is C5H6F2I2O4. The van der Waals surface area contributed by atoms with Crippen molar-refractivity contribution >= 4 is 49.2 Å². The Hall–Kier alpha value is 0.710. The number of hydrogen-bond donors (Lipinski definition) is 1. The number of aliphatic hydroxyl groups is 1. The molecule has 1 unspecified atom stereocenters. The van der Waals surface area contributed by atoms with Gasteiger partial charge >= 0.3 is 8.09 Å². The van der Waals surface area contributed by atoms with Crippen LogP contribution in [0.3, 0.4) is 0 Å². The smallest absolute Gasteiger partial charge is 0.407 e. The highest BCUT2D eigenvalue weighted by atomic mass is 127. The van der Waals surface area contributed by atoms with Gasteiger partial charge in [0, 0.05) is 22.6 Å². The van der Waals surface area contributed by atoms with Gasteiger partial charge in [-0.05, 0) is 0 Å². The molecule has 0 amide bonds. The second-order valence-electron chi connectivity index (χ2n) is 1.96. The first kappa shape index (κ1) is 13.7. The van der Waals surface area contributed by atoms with Gasteiger partial charge in [-0.25, -0.2) is 4.79 Å². The van der Waals surface area contributed by atoms with Gasteiger partial charge in [0.2, 0.25) is 0 Å². The lowest BCUT2D eigenvalue weighted by Gasteiger charge is -2.13. The molecule has 0 radical (unpaired) electrons. The minimum Gasteiger partial charge on any atom is -0.455 e. The molecule has 0 aliphatic carbocycles. The van der Waals surface area contributed by atoms with Crippen LogP contribution in [0.25, 0.3) is 0 Å². The van der Waals surface area contributed by atoms with Crippen molar-refractivity contribution in [2.45, 2.75) is 10.2 Å². The molecule has 13 heavy (non-hydrogen) atoms. The van der Waals surface area contributed by atoms with Gasteiger partial charge in [-0.2, -0.15) is 8.78 Å². The summed E-state index contributed by atoms with van der Waals surface area (Å²) in [6.07, 6.45) is -1.24. The number of ether oxygens (including phenoxy) is 2. The quantitative estimate of drug-likeness (QED) is 0.418. The van der Waals surface area contributed by atoms with Crippen molar-refractivity contribution in [2.24, 2.45) is 0 Å². The minimum absolute atomic E-state index is 0.353. The van der Waals surface area contributed by atoms with Gasteiger partial charge in [0.1, 0.15) is 12.7 Å². The van der Waals surface area contributed by atoms with E-state index in [0.29, 0.717) is 0 Å². The van der Waals surface area contributed by atoms with Gasteiger partial charge in [0.05, 0.1) is 29.2 Å². The standard InChI is InChI=1S/C5H6F2I2O4/c6-5(7,9)13-2-3(10)1-12-4(8)11/h3,10H,1-2H2. The van der Waals surface area contributed by atoms with Crippen molar-refractivity contribution in [3.63, 3.8) is 0 Å². The highest BCUT2D eigenvalue weighted by molar-refractivity contribution is 14.1. The molecule has 8 heteroatoms. The Morgan fingerprint density at radius 2 is 2.08 bits per heavy atom. The highest BCUT2D eigenvalue weighted by Crippen LogP contribution is 2.23. The second-order valence-corrected chi connectivity index (χ2v) is 4.10. The average molecular weight is 422 g/mol. The summed E-state index contributed by atoms with van der Waals surface area (Å²) in [5, 5.41) is 8.92. The van der Waals surface area contributed by atoms with Crippen LogP contribution in [0.1, 0.15) is 0 Å². The number of halogens is 4. The summed E-state index contributed by atoms with van der Waals surface area (Å²) in [6, 6.07) is 0. The Morgan fingerprint density at radius 1 is 1.54 bits per heavy atom. The molecule has 1 atom stereocenters. The normalized spacial score (nSPS) is 13.9. The zero-order chi connectivity index (χ0) is 10.5. The largest absolute Gasteiger partial charge is 0.455 e. The average Bonchev–Trinajstić information content (AvgIpc) is 1.95. The third-order valence-electron chi connectivity index (χ3n) is 0.829. The molecule has 0 aromatic rings. The Morgan fingerprint density at radius 3 is 2.46 bits per heavy atom. The number of carbonyl (C=O) groups excluding carboxylic acids is 1. The summed E-state index contributed by atoms with van der Waals surface area (Å²) in [5.74, 6) is 0. The van der Waals surface area contributed by atoms with Gasteiger partial charge in [-0.15, -0.1) is 0 Å². The Balaban J connectivity index is 3.52. The molecule has 0 aromatic heterocycles. The first-order valence-electron chi connectivity index (χ1n) is 3.02. The Labute approximate surface area is 100 Å². The van der Waals surface area contributed by atoms with E-state index in [4.69, 9.17) is 5.11 Å². The fourth-order valence-corrected chi connectivity index (χ4v) is 0.760. The third kappa shape index (κ3) is 10.6. The van der Waals surface area contributed by atoms with Crippen LogP contribution in [0.2, 0.25) is 0 Å². The van der Waals surface area contributed by atoms with E-state index in [-0.39, 0.29) is 6.61 Å². The fraction of sp³-hybridized carbons (Fsp3) is 0.800.